The van der Waals surface area contributed by atoms with Crippen molar-refractivity contribution in [2.24, 2.45) is 16.7 Å². The van der Waals surface area contributed by atoms with E-state index >= 15 is 0 Å². The van der Waals surface area contributed by atoms with Crippen molar-refractivity contribution >= 4 is 11.9 Å². The molecule has 2 rings (SSSR count). The summed E-state index contributed by atoms with van der Waals surface area (Å²) in [5.41, 5.74) is -1.28. The Morgan fingerprint density at radius 2 is 1.60 bits per heavy atom. The van der Waals surface area contributed by atoms with Crippen LogP contribution in [-0.2, 0) is 9.59 Å². The number of hydrogen-bond acceptors (Lipinski definition) is 2. The molecule has 2 unspecified atom stereocenters. The molecule has 20 heavy (non-hydrogen) atoms. The lowest BCUT2D eigenvalue weighted by Crippen LogP contribution is -2.46. The first-order valence-electron chi connectivity index (χ1n) is 7.83. The van der Waals surface area contributed by atoms with Gasteiger partial charge >= 0.3 is 5.97 Å². The normalized spacial score (nSPS) is 33.8. The van der Waals surface area contributed by atoms with Crippen molar-refractivity contribution in [3.8, 4) is 0 Å². The molecular weight excluding hydrogens is 254 g/mol. The van der Waals surface area contributed by atoms with Gasteiger partial charge in [0.2, 0.25) is 5.91 Å². The zero-order valence-electron chi connectivity index (χ0n) is 12.9. The fourth-order valence-corrected chi connectivity index (χ4v) is 3.83. The highest BCUT2D eigenvalue weighted by Crippen LogP contribution is 2.56. The molecule has 2 fully saturated rings. The van der Waals surface area contributed by atoms with E-state index in [0.717, 1.165) is 25.9 Å². The maximum absolute atomic E-state index is 12.8. The molecule has 1 saturated carbocycles. The summed E-state index contributed by atoms with van der Waals surface area (Å²) in [5.74, 6) is -0.739. The van der Waals surface area contributed by atoms with Gasteiger partial charge in [0.15, 0.2) is 0 Å². The second-order valence-electron chi connectivity index (χ2n) is 7.19. The quantitative estimate of drug-likeness (QED) is 0.846. The van der Waals surface area contributed by atoms with Gasteiger partial charge < -0.3 is 10.0 Å². The van der Waals surface area contributed by atoms with Gasteiger partial charge in [-0.05, 0) is 38.0 Å². The Labute approximate surface area is 121 Å². The molecular formula is C16H27NO3. The fraction of sp³-hybridized carbons (Fsp3) is 0.875. The molecule has 2 aliphatic rings. The predicted octanol–water partition coefficient (Wildman–Crippen LogP) is 2.92. The van der Waals surface area contributed by atoms with E-state index in [1.807, 2.05) is 18.7 Å². The Hall–Kier alpha value is -1.06. The van der Waals surface area contributed by atoms with Crippen LogP contribution in [0.5, 0.6) is 0 Å². The largest absolute Gasteiger partial charge is 0.481 e. The molecule has 0 aromatic rings. The monoisotopic (exact) mass is 281 g/mol. The van der Waals surface area contributed by atoms with E-state index < -0.39 is 16.8 Å². The Morgan fingerprint density at radius 3 is 2.05 bits per heavy atom. The standard InChI is InChI=1S/C16H27NO3/c1-15(2)12(8-9-16(15,3)14(19)20)13(18)17-10-6-4-5-7-11-17/h12H,4-11H2,1-3H3,(H,19,20). The Bertz CT molecular complexity index is 397. The molecule has 1 saturated heterocycles. The van der Waals surface area contributed by atoms with E-state index in [-0.39, 0.29) is 11.8 Å². The summed E-state index contributed by atoms with van der Waals surface area (Å²) in [5, 5.41) is 9.54. The molecule has 4 heteroatoms. The SMILES string of the molecule is CC1(C(=O)O)CCC(C(=O)N2CCCCCC2)C1(C)C. The van der Waals surface area contributed by atoms with E-state index in [4.69, 9.17) is 0 Å². The molecule has 1 aliphatic heterocycles. The lowest BCUT2D eigenvalue weighted by Gasteiger charge is -2.39. The van der Waals surface area contributed by atoms with Crippen LogP contribution in [0.4, 0.5) is 0 Å². The van der Waals surface area contributed by atoms with Crippen LogP contribution in [-0.4, -0.2) is 35.0 Å². The van der Waals surface area contributed by atoms with Gasteiger partial charge in [0.25, 0.3) is 0 Å². The number of carbonyl (C=O) groups is 2. The fourth-order valence-electron chi connectivity index (χ4n) is 3.83. The van der Waals surface area contributed by atoms with Gasteiger partial charge in [-0.25, -0.2) is 0 Å². The first kappa shape index (κ1) is 15.3. The average Bonchev–Trinajstić information content (AvgIpc) is 2.60. The lowest BCUT2D eigenvalue weighted by molar-refractivity contribution is -0.156. The summed E-state index contributed by atoms with van der Waals surface area (Å²) >= 11 is 0. The number of carboxylic acid groups (broad SMARTS) is 1. The van der Waals surface area contributed by atoms with Crippen LogP contribution in [0.2, 0.25) is 0 Å². The number of carbonyl (C=O) groups excluding carboxylic acids is 1. The zero-order chi connectivity index (χ0) is 15.0. The van der Waals surface area contributed by atoms with Crippen molar-refractivity contribution in [2.75, 3.05) is 13.1 Å². The maximum Gasteiger partial charge on any atom is 0.309 e. The highest BCUT2D eigenvalue weighted by atomic mass is 16.4. The van der Waals surface area contributed by atoms with Crippen LogP contribution in [0.25, 0.3) is 0 Å². The maximum atomic E-state index is 12.8. The highest BCUT2D eigenvalue weighted by Gasteiger charge is 2.58. The minimum Gasteiger partial charge on any atom is -0.481 e. The summed E-state index contributed by atoms with van der Waals surface area (Å²) in [6.45, 7) is 7.39. The minimum absolute atomic E-state index is 0.151. The molecule has 114 valence electrons. The number of amides is 1. The van der Waals surface area contributed by atoms with Crippen LogP contribution in [0.3, 0.4) is 0 Å². The smallest absolute Gasteiger partial charge is 0.309 e. The average molecular weight is 281 g/mol. The molecule has 2 atom stereocenters. The number of nitrogens with zero attached hydrogens (tertiary/aromatic N) is 1. The second-order valence-corrected chi connectivity index (χ2v) is 7.19. The summed E-state index contributed by atoms with van der Waals surface area (Å²) < 4.78 is 0. The van der Waals surface area contributed by atoms with Crippen LogP contribution in [0.15, 0.2) is 0 Å². The van der Waals surface area contributed by atoms with Crippen LogP contribution >= 0.6 is 0 Å². The summed E-state index contributed by atoms with van der Waals surface area (Å²) in [4.78, 5) is 26.4. The molecule has 0 aromatic heterocycles. The van der Waals surface area contributed by atoms with E-state index in [1.165, 1.54) is 12.8 Å². The predicted molar refractivity (Wildman–Crippen MR) is 77.3 cm³/mol. The molecule has 0 spiro atoms. The Kier molecular flexibility index (Phi) is 4.12. The van der Waals surface area contributed by atoms with Gasteiger partial charge in [-0.15, -0.1) is 0 Å². The first-order valence-corrected chi connectivity index (χ1v) is 7.83. The van der Waals surface area contributed by atoms with E-state index in [2.05, 4.69) is 0 Å². The summed E-state index contributed by atoms with van der Waals surface area (Å²) in [7, 11) is 0. The summed E-state index contributed by atoms with van der Waals surface area (Å²) in [6.07, 6.45) is 5.85. The summed E-state index contributed by atoms with van der Waals surface area (Å²) in [6, 6.07) is 0. The van der Waals surface area contributed by atoms with Gasteiger partial charge in [-0.1, -0.05) is 26.7 Å². The number of aliphatic carboxylic acids is 1. The van der Waals surface area contributed by atoms with Crippen LogP contribution in [0, 0.1) is 16.7 Å². The van der Waals surface area contributed by atoms with Crippen molar-refractivity contribution in [2.45, 2.75) is 59.3 Å². The first-order chi connectivity index (χ1) is 9.30. The van der Waals surface area contributed by atoms with Gasteiger partial charge in [0.05, 0.1) is 5.41 Å². The number of hydrogen-bond donors (Lipinski definition) is 1. The van der Waals surface area contributed by atoms with E-state index in [0.29, 0.717) is 12.8 Å². The lowest BCUT2D eigenvalue weighted by atomic mass is 9.65. The molecule has 0 bridgehead atoms. The van der Waals surface area contributed by atoms with Crippen LogP contribution < -0.4 is 0 Å². The van der Waals surface area contributed by atoms with Crippen molar-refractivity contribution < 1.29 is 14.7 Å². The number of likely N-dealkylation sites (tertiary alicyclic amines) is 1. The Morgan fingerprint density at radius 1 is 1.05 bits per heavy atom. The molecule has 0 aromatic carbocycles. The minimum atomic E-state index is -0.792. The Balaban J connectivity index is 2.17. The van der Waals surface area contributed by atoms with Crippen LogP contribution in [0.1, 0.15) is 59.3 Å². The van der Waals surface area contributed by atoms with Gasteiger partial charge in [0.1, 0.15) is 0 Å². The van der Waals surface area contributed by atoms with Crippen molar-refractivity contribution in [1.29, 1.82) is 0 Å². The third kappa shape index (κ3) is 2.33. The van der Waals surface area contributed by atoms with Gasteiger partial charge in [-0.3, -0.25) is 9.59 Å². The third-order valence-corrected chi connectivity index (χ3v) is 5.91. The molecule has 1 aliphatic carbocycles. The highest BCUT2D eigenvalue weighted by molar-refractivity contribution is 5.84. The second kappa shape index (κ2) is 5.38. The van der Waals surface area contributed by atoms with E-state index in [9.17, 15) is 14.7 Å². The molecule has 1 amide bonds. The topological polar surface area (TPSA) is 57.6 Å². The van der Waals surface area contributed by atoms with Crippen molar-refractivity contribution in [1.82, 2.24) is 4.90 Å². The third-order valence-electron chi connectivity index (χ3n) is 5.91. The number of rotatable bonds is 2. The number of carboxylic acids is 1. The molecule has 0 radical (unpaired) electrons. The van der Waals surface area contributed by atoms with Gasteiger partial charge in [0, 0.05) is 19.0 Å². The molecule has 1 heterocycles. The zero-order valence-corrected chi connectivity index (χ0v) is 12.9. The van der Waals surface area contributed by atoms with Crippen molar-refractivity contribution in [3.05, 3.63) is 0 Å². The van der Waals surface area contributed by atoms with Gasteiger partial charge in [-0.2, -0.15) is 0 Å². The van der Waals surface area contributed by atoms with Crippen molar-refractivity contribution in [3.63, 3.8) is 0 Å². The molecule has 1 N–H and O–H groups in total. The molecule has 4 nitrogen and oxygen atoms in total. The van der Waals surface area contributed by atoms with E-state index in [1.54, 1.807) is 6.92 Å².